The Bertz CT molecular complexity index is 960. The molecule has 8 heteroatoms. The van der Waals surface area contributed by atoms with Crippen LogP contribution in [0.15, 0.2) is 53.7 Å². The number of ether oxygens (including phenoxy) is 2. The van der Waals surface area contributed by atoms with Crippen LogP contribution in [0.5, 0.6) is 11.5 Å². The predicted molar refractivity (Wildman–Crippen MR) is 114 cm³/mol. The highest BCUT2D eigenvalue weighted by atomic mass is 32.2. The van der Waals surface area contributed by atoms with E-state index in [-0.39, 0.29) is 18.3 Å². The molecule has 1 aromatic heterocycles. The molecule has 0 unspecified atom stereocenters. The van der Waals surface area contributed by atoms with Gasteiger partial charge in [-0.25, -0.2) is 0 Å². The Morgan fingerprint density at radius 2 is 1.93 bits per heavy atom. The minimum Gasteiger partial charge on any atom is -0.493 e. The smallest absolute Gasteiger partial charge is 0.234 e. The summed E-state index contributed by atoms with van der Waals surface area (Å²) in [6.45, 7) is 4.95. The SMILES string of the molecule is CCn1c(COc2ccc(C)cc2OC)nnc1SCC(=O)Nc1ccccc1. The number of hydrogen-bond acceptors (Lipinski definition) is 6. The van der Waals surface area contributed by atoms with Gasteiger partial charge in [0.05, 0.1) is 12.9 Å². The lowest BCUT2D eigenvalue weighted by Crippen LogP contribution is -2.14. The van der Waals surface area contributed by atoms with Crippen LogP contribution in [-0.2, 0) is 17.9 Å². The van der Waals surface area contributed by atoms with Crippen LogP contribution in [-0.4, -0.2) is 33.5 Å². The molecule has 3 aromatic rings. The Morgan fingerprint density at radius 1 is 1.14 bits per heavy atom. The lowest BCUT2D eigenvalue weighted by molar-refractivity contribution is -0.113. The number of rotatable bonds is 9. The average molecular weight is 413 g/mol. The monoisotopic (exact) mass is 412 g/mol. The number of benzene rings is 2. The maximum absolute atomic E-state index is 12.2. The molecule has 1 amide bonds. The van der Waals surface area contributed by atoms with Crippen LogP contribution in [0.4, 0.5) is 5.69 Å². The second-order valence-corrected chi connectivity index (χ2v) is 7.23. The van der Waals surface area contributed by atoms with Gasteiger partial charge in [-0.15, -0.1) is 10.2 Å². The standard InChI is InChI=1S/C21H24N4O3S/c1-4-25-19(13-28-17-11-10-15(2)12-18(17)27-3)23-24-21(25)29-14-20(26)22-16-8-6-5-7-9-16/h5-12H,4,13-14H2,1-3H3,(H,22,26). The number of carbonyl (C=O) groups excluding carboxylic acids is 1. The number of methoxy groups -OCH3 is 1. The highest BCUT2D eigenvalue weighted by molar-refractivity contribution is 7.99. The van der Waals surface area contributed by atoms with Gasteiger partial charge >= 0.3 is 0 Å². The molecule has 0 aliphatic rings. The molecule has 2 aromatic carbocycles. The van der Waals surface area contributed by atoms with E-state index in [1.165, 1.54) is 11.8 Å². The zero-order valence-corrected chi connectivity index (χ0v) is 17.5. The molecule has 152 valence electrons. The number of hydrogen-bond donors (Lipinski definition) is 1. The molecule has 7 nitrogen and oxygen atoms in total. The highest BCUT2D eigenvalue weighted by Crippen LogP contribution is 2.28. The molecule has 0 aliphatic heterocycles. The van der Waals surface area contributed by atoms with Crippen LogP contribution < -0.4 is 14.8 Å². The average Bonchev–Trinajstić information content (AvgIpc) is 3.13. The lowest BCUT2D eigenvalue weighted by Gasteiger charge is -2.12. The summed E-state index contributed by atoms with van der Waals surface area (Å²) in [7, 11) is 1.62. The van der Waals surface area contributed by atoms with Gasteiger partial charge in [0.2, 0.25) is 5.91 Å². The molecule has 0 bridgehead atoms. The summed E-state index contributed by atoms with van der Waals surface area (Å²) in [5.74, 6) is 2.19. The maximum atomic E-state index is 12.2. The van der Waals surface area contributed by atoms with Crippen molar-refractivity contribution in [3.63, 3.8) is 0 Å². The third kappa shape index (κ3) is 5.51. The van der Waals surface area contributed by atoms with Gasteiger partial charge in [0.25, 0.3) is 0 Å². The molecular weight excluding hydrogens is 388 g/mol. The van der Waals surface area contributed by atoms with Gasteiger partial charge in [0, 0.05) is 12.2 Å². The van der Waals surface area contributed by atoms with Crippen LogP contribution in [0.25, 0.3) is 0 Å². The molecule has 0 aliphatic carbocycles. The van der Waals surface area contributed by atoms with E-state index < -0.39 is 0 Å². The van der Waals surface area contributed by atoms with Crippen molar-refractivity contribution in [3.05, 3.63) is 59.9 Å². The summed E-state index contributed by atoms with van der Waals surface area (Å²) in [6.07, 6.45) is 0. The predicted octanol–water partition coefficient (Wildman–Crippen LogP) is 3.92. The summed E-state index contributed by atoms with van der Waals surface area (Å²) < 4.78 is 13.2. The van der Waals surface area contributed by atoms with E-state index in [0.29, 0.717) is 29.0 Å². The Kier molecular flexibility index (Phi) is 7.13. The van der Waals surface area contributed by atoms with Gasteiger partial charge in [-0.1, -0.05) is 36.0 Å². The second-order valence-electron chi connectivity index (χ2n) is 6.29. The first-order chi connectivity index (χ1) is 14.1. The molecule has 1 heterocycles. The Balaban J connectivity index is 1.60. The third-order valence-electron chi connectivity index (χ3n) is 4.18. The fourth-order valence-corrected chi connectivity index (χ4v) is 3.56. The van der Waals surface area contributed by atoms with Crippen molar-refractivity contribution in [3.8, 4) is 11.5 Å². The van der Waals surface area contributed by atoms with Crippen molar-refractivity contribution in [1.29, 1.82) is 0 Å². The lowest BCUT2D eigenvalue weighted by atomic mass is 10.2. The zero-order valence-electron chi connectivity index (χ0n) is 16.7. The van der Waals surface area contributed by atoms with Crippen molar-refractivity contribution < 1.29 is 14.3 Å². The summed E-state index contributed by atoms with van der Waals surface area (Å²) in [6, 6.07) is 15.1. The van der Waals surface area contributed by atoms with Gasteiger partial charge in [-0.05, 0) is 43.7 Å². The van der Waals surface area contributed by atoms with Crippen molar-refractivity contribution >= 4 is 23.4 Å². The van der Waals surface area contributed by atoms with Crippen LogP contribution in [0.1, 0.15) is 18.3 Å². The van der Waals surface area contributed by atoms with E-state index in [1.807, 2.05) is 66.9 Å². The molecule has 0 spiro atoms. The Morgan fingerprint density at radius 3 is 2.66 bits per heavy atom. The topological polar surface area (TPSA) is 78.3 Å². The second kappa shape index (κ2) is 9.97. The molecule has 0 atom stereocenters. The zero-order chi connectivity index (χ0) is 20.6. The van der Waals surface area contributed by atoms with Crippen LogP contribution in [0.2, 0.25) is 0 Å². The van der Waals surface area contributed by atoms with Crippen LogP contribution >= 0.6 is 11.8 Å². The quantitative estimate of drug-likeness (QED) is 0.537. The maximum Gasteiger partial charge on any atom is 0.234 e. The Hall–Kier alpha value is -3.00. The largest absolute Gasteiger partial charge is 0.493 e. The molecule has 0 saturated heterocycles. The highest BCUT2D eigenvalue weighted by Gasteiger charge is 2.15. The molecule has 29 heavy (non-hydrogen) atoms. The molecule has 0 fully saturated rings. The minimum absolute atomic E-state index is 0.0888. The van der Waals surface area contributed by atoms with Crippen molar-refractivity contribution in [2.75, 3.05) is 18.2 Å². The number of nitrogens with one attached hydrogen (secondary N) is 1. The van der Waals surface area contributed by atoms with Crippen LogP contribution in [0, 0.1) is 6.92 Å². The van der Waals surface area contributed by atoms with E-state index in [9.17, 15) is 4.79 Å². The minimum atomic E-state index is -0.0888. The van der Waals surface area contributed by atoms with Crippen LogP contribution in [0.3, 0.4) is 0 Å². The number of carbonyl (C=O) groups is 1. The number of thioether (sulfide) groups is 1. The van der Waals surface area contributed by atoms with Gasteiger partial charge < -0.3 is 19.4 Å². The number of para-hydroxylation sites is 1. The van der Waals surface area contributed by atoms with E-state index in [2.05, 4.69) is 15.5 Å². The van der Waals surface area contributed by atoms with E-state index in [4.69, 9.17) is 9.47 Å². The van der Waals surface area contributed by atoms with Crippen molar-refractivity contribution in [2.45, 2.75) is 32.2 Å². The number of aromatic nitrogens is 3. The first-order valence-corrected chi connectivity index (χ1v) is 10.3. The van der Waals surface area contributed by atoms with Gasteiger partial charge in [0.1, 0.15) is 6.61 Å². The molecular formula is C21H24N4O3S. The van der Waals surface area contributed by atoms with Gasteiger partial charge in [-0.2, -0.15) is 0 Å². The molecule has 3 rings (SSSR count). The Labute approximate surface area is 174 Å². The summed E-state index contributed by atoms with van der Waals surface area (Å²) in [5, 5.41) is 12.0. The summed E-state index contributed by atoms with van der Waals surface area (Å²) in [5.41, 5.74) is 1.87. The molecule has 0 radical (unpaired) electrons. The molecule has 0 saturated carbocycles. The van der Waals surface area contributed by atoms with E-state index in [1.54, 1.807) is 7.11 Å². The third-order valence-corrected chi connectivity index (χ3v) is 5.14. The van der Waals surface area contributed by atoms with Gasteiger partial charge in [-0.3, -0.25) is 4.79 Å². The summed E-state index contributed by atoms with van der Waals surface area (Å²) in [4.78, 5) is 12.2. The normalized spacial score (nSPS) is 10.6. The number of nitrogens with zero attached hydrogens (tertiary/aromatic N) is 3. The summed E-state index contributed by atoms with van der Waals surface area (Å²) >= 11 is 1.35. The first kappa shape index (κ1) is 20.7. The number of anilines is 1. The fraction of sp³-hybridized carbons (Fsp3) is 0.286. The number of aryl methyl sites for hydroxylation is 1. The fourth-order valence-electron chi connectivity index (χ4n) is 2.74. The van der Waals surface area contributed by atoms with E-state index >= 15 is 0 Å². The molecule has 1 N–H and O–H groups in total. The first-order valence-electron chi connectivity index (χ1n) is 9.28. The number of amides is 1. The van der Waals surface area contributed by atoms with E-state index in [0.717, 1.165) is 11.3 Å². The van der Waals surface area contributed by atoms with Crippen molar-refractivity contribution in [1.82, 2.24) is 14.8 Å². The van der Waals surface area contributed by atoms with Crippen molar-refractivity contribution in [2.24, 2.45) is 0 Å². The van der Waals surface area contributed by atoms with Gasteiger partial charge in [0.15, 0.2) is 22.5 Å².